The molecule has 0 fully saturated rings. The summed E-state index contributed by atoms with van der Waals surface area (Å²) in [7, 11) is 0. The normalized spacial score (nSPS) is 12.9. The van der Waals surface area contributed by atoms with E-state index in [1.54, 1.807) is 24.3 Å². The number of aromatic hydroxyl groups is 1. The van der Waals surface area contributed by atoms with Crippen LogP contribution in [-0.4, -0.2) is 28.4 Å². The largest absolute Gasteiger partial charge is 0.506 e. The van der Waals surface area contributed by atoms with Crippen LogP contribution in [0.4, 0.5) is 0 Å². The molecule has 0 aliphatic rings. The van der Waals surface area contributed by atoms with E-state index in [4.69, 9.17) is 9.52 Å². The molecule has 0 aliphatic carbocycles. The molecule has 1 aromatic carbocycles. The van der Waals surface area contributed by atoms with Crippen LogP contribution in [0.5, 0.6) is 5.75 Å². The van der Waals surface area contributed by atoms with Crippen LogP contribution in [0.1, 0.15) is 12.5 Å². The van der Waals surface area contributed by atoms with Crippen LogP contribution in [0, 0.1) is 0 Å². The maximum atomic E-state index is 11.7. The van der Waals surface area contributed by atoms with Gasteiger partial charge in [-0.2, -0.15) is 0 Å². The Kier molecular flexibility index (Phi) is 3.33. The Labute approximate surface area is 107 Å². The molecule has 1 atom stereocenters. The summed E-state index contributed by atoms with van der Waals surface area (Å²) in [6, 6.07) is 5.49. The first-order valence-corrected chi connectivity index (χ1v) is 5.51. The second-order valence-corrected chi connectivity index (χ2v) is 3.94. The van der Waals surface area contributed by atoms with Crippen molar-refractivity contribution >= 4 is 23.2 Å². The van der Waals surface area contributed by atoms with Crippen LogP contribution in [0.3, 0.4) is 0 Å². The van der Waals surface area contributed by atoms with Crippen molar-refractivity contribution in [1.29, 1.82) is 0 Å². The maximum Gasteiger partial charge on any atom is 0.348 e. The van der Waals surface area contributed by atoms with Gasteiger partial charge in [0.2, 0.25) is 0 Å². The number of hydrogen-bond donors (Lipinski definition) is 2. The number of rotatable bonds is 3. The van der Waals surface area contributed by atoms with Gasteiger partial charge in [-0.3, -0.25) is 4.99 Å². The lowest BCUT2D eigenvalue weighted by Crippen LogP contribution is -2.15. The predicted octanol–water partition coefficient (Wildman–Crippen LogP) is 1.39. The van der Waals surface area contributed by atoms with E-state index < -0.39 is 17.6 Å². The molecule has 1 unspecified atom stereocenters. The van der Waals surface area contributed by atoms with Crippen molar-refractivity contribution < 1.29 is 19.4 Å². The molecule has 1 aromatic heterocycles. The first kappa shape index (κ1) is 12.8. The number of hydrogen-bond acceptors (Lipinski definition) is 5. The molecule has 0 saturated carbocycles. The van der Waals surface area contributed by atoms with E-state index in [2.05, 4.69) is 4.99 Å². The fraction of sp³-hybridized carbons (Fsp3) is 0.154. The minimum Gasteiger partial charge on any atom is -0.506 e. The lowest BCUT2D eigenvalue weighted by atomic mass is 10.1. The summed E-state index contributed by atoms with van der Waals surface area (Å²) in [4.78, 5) is 26.0. The van der Waals surface area contributed by atoms with Gasteiger partial charge in [0.1, 0.15) is 22.9 Å². The van der Waals surface area contributed by atoms with Gasteiger partial charge in [-0.15, -0.1) is 0 Å². The molecule has 2 aromatic rings. The van der Waals surface area contributed by atoms with Crippen LogP contribution in [0.2, 0.25) is 0 Å². The van der Waals surface area contributed by atoms with Gasteiger partial charge in [0, 0.05) is 6.21 Å². The average molecular weight is 261 g/mol. The van der Waals surface area contributed by atoms with Crippen LogP contribution in [0.15, 0.2) is 38.5 Å². The van der Waals surface area contributed by atoms with Gasteiger partial charge in [0.15, 0.2) is 0 Å². The third-order valence-corrected chi connectivity index (χ3v) is 2.60. The Balaban J connectivity index is 2.55. The van der Waals surface area contributed by atoms with Gasteiger partial charge < -0.3 is 14.6 Å². The zero-order valence-corrected chi connectivity index (χ0v) is 10.0. The minimum absolute atomic E-state index is 0.160. The summed E-state index contributed by atoms with van der Waals surface area (Å²) in [6.45, 7) is 1.36. The van der Waals surface area contributed by atoms with Crippen LogP contribution < -0.4 is 5.63 Å². The Bertz CT molecular complexity index is 717. The van der Waals surface area contributed by atoms with Gasteiger partial charge >= 0.3 is 11.6 Å². The van der Waals surface area contributed by atoms with Crippen molar-refractivity contribution in [3.8, 4) is 5.75 Å². The van der Waals surface area contributed by atoms with E-state index in [-0.39, 0.29) is 16.9 Å². The molecule has 0 amide bonds. The van der Waals surface area contributed by atoms with Gasteiger partial charge in [-0.25, -0.2) is 9.59 Å². The van der Waals surface area contributed by atoms with Crippen molar-refractivity contribution in [2.24, 2.45) is 4.99 Å². The summed E-state index contributed by atoms with van der Waals surface area (Å²) in [5, 5.41) is 19.0. The van der Waals surface area contributed by atoms with Crippen LogP contribution in [0.25, 0.3) is 11.0 Å². The second-order valence-electron chi connectivity index (χ2n) is 3.94. The molecular formula is C13H11NO5. The summed E-state index contributed by atoms with van der Waals surface area (Å²) in [6.07, 6.45) is 1.02. The molecule has 0 aliphatic heterocycles. The Morgan fingerprint density at radius 3 is 2.79 bits per heavy atom. The molecule has 98 valence electrons. The lowest BCUT2D eigenvalue weighted by Gasteiger charge is -2.03. The SMILES string of the molecule is CC(N=Cc1c(O)c2ccccc2oc1=O)C(=O)O. The monoisotopic (exact) mass is 261 g/mol. The highest BCUT2D eigenvalue weighted by Crippen LogP contribution is 2.24. The van der Waals surface area contributed by atoms with E-state index in [1.165, 1.54) is 6.92 Å². The number of carboxylic acids is 1. The highest BCUT2D eigenvalue weighted by atomic mass is 16.4. The number of carbonyl (C=O) groups is 1. The Morgan fingerprint density at radius 2 is 2.11 bits per heavy atom. The van der Waals surface area contributed by atoms with Gasteiger partial charge in [0.05, 0.1) is 5.39 Å². The van der Waals surface area contributed by atoms with Crippen molar-refractivity contribution in [2.45, 2.75) is 13.0 Å². The number of fused-ring (bicyclic) bond motifs is 1. The van der Waals surface area contributed by atoms with Gasteiger partial charge in [-0.05, 0) is 19.1 Å². The molecule has 6 nitrogen and oxygen atoms in total. The fourth-order valence-corrected chi connectivity index (χ4v) is 1.51. The van der Waals surface area contributed by atoms with Crippen LogP contribution in [-0.2, 0) is 4.79 Å². The molecule has 0 saturated heterocycles. The third-order valence-electron chi connectivity index (χ3n) is 2.60. The first-order chi connectivity index (χ1) is 9.00. The molecule has 0 spiro atoms. The highest BCUT2D eigenvalue weighted by Gasteiger charge is 2.13. The number of carboxylic acid groups (broad SMARTS) is 1. The van der Waals surface area contributed by atoms with E-state index >= 15 is 0 Å². The molecule has 2 N–H and O–H groups in total. The highest BCUT2D eigenvalue weighted by molar-refractivity contribution is 5.94. The molecular weight excluding hydrogens is 250 g/mol. The molecule has 2 rings (SSSR count). The first-order valence-electron chi connectivity index (χ1n) is 5.51. The number of para-hydroxylation sites is 1. The lowest BCUT2D eigenvalue weighted by molar-refractivity contribution is -0.137. The van der Waals surface area contributed by atoms with E-state index in [0.717, 1.165) is 6.21 Å². The number of aliphatic imine (C=N–C) groups is 1. The summed E-state index contributed by atoms with van der Waals surface area (Å²) in [5.74, 6) is -1.39. The standard InChI is InChI=1S/C13H11NO5/c1-7(12(16)17)14-6-9-11(15)8-4-2-3-5-10(8)19-13(9)18/h2-7,15H,1H3,(H,16,17). The summed E-state index contributed by atoms with van der Waals surface area (Å²) in [5.41, 5.74) is -0.669. The van der Waals surface area contributed by atoms with E-state index in [1.807, 2.05) is 0 Å². The topological polar surface area (TPSA) is 100 Å². The maximum absolute atomic E-state index is 11.7. The number of nitrogens with zero attached hydrogens (tertiary/aromatic N) is 1. The third kappa shape index (κ3) is 2.47. The van der Waals surface area contributed by atoms with Crippen molar-refractivity contribution in [2.75, 3.05) is 0 Å². The molecule has 1 heterocycles. The number of aliphatic carboxylic acids is 1. The number of benzene rings is 1. The predicted molar refractivity (Wildman–Crippen MR) is 68.8 cm³/mol. The zero-order chi connectivity index (χ0) is 14.0. The summed E-state index contributed by atoms with van der Waals surface area (Å²) < 4.78 is 5.01. The van der Waals surface area contributed by atoms with Gasteiger partial charge in [-0.1, -0.05) is 12.1 Å². The smallest absolute Gasteiger partial charge is 0.348 e. The molecule has 19 heavy (non-hydrogen) atoms. The van der Waals surface area contributed by atoms with Crippen molar-refractivity contribution in [3.05, 3.63) is 40.2 Å². The zero-order valence-electron chi connectivity index (χ0n) is 10.0. The second kappa shape index (κ2) is 4.93. The minimum atomic E-state index is -1.12. The Hall–Kier alpha value is -2.63. The Morgan fingerprint density at radius 1 is 1.42 bits per heavy atom. The van der Waals surface area contributed by atoms with Crippen LogP contribution >= 0.6 is 0 Å². The fourth-order valence-electron chi connectivity index (χ4n) is 1.51. The van der Waals surface area contributed by atoms with Crippen molar-refractivity contribution in [3.63, 3.8) is 0 Å². The molecule has 0 bridgehead atoms. The molecule has 6 heteroatoms. The molecule has 0 radical (unpaired) electrons. The quantitative estimate of drug-likeness (QED) is 0.642. The average Bonchev–Trinajstić information content (AvgIpc) is 2.38. The summed E-state index contributed by atoms with van der Waals surface area (Å²) >= 11 is 0. The van der Waals surface area contributed by atoms with E-state index in [9.17, 15) is 14.7 Å². The van der Waals surface area contributed by atoms with Gasteiger partial charge in [0.25, 0.3) is 0 Å². The van der Waals surface area contributed by atoms with E-state index in [0.29, 0.717) is 5.39 Å². The van der Waals surface area contributed by atoms with Crippen molar-refractivity contribution in [1.82, 2.24) is 0 Å².